The Hall–Kier alpha value is -3.20. The van der Waals surface area contributed by atoms with Crippen LogP contribution in [0.5, 0.6) is 5.75 Å². The van der Waals surface area contributed by atoms with Gasteiger partial charge in [0.05, 0.1) is 36.5 Å². The number of nitrogens with zero attached hydrogens (tertiary/aromatic N) is 3. The fourth-order valence-corrected chi connectivity index (χ4v) is 5.52. The first kappa shape index (κ1) is 22.6. The summed E-state index contributed by atoms with van der Waals surface area (Å²) in [6.45, 7) is 6.36. The van der Waals surface area contributed by atoms with Gasteiger partial charge in [0.2, 0.25) is 0 Å². The largest absolute Gasteiger partial charge is 0.495 e. The summed E-state index contributed by atoms with van der Waals surface area (Å²) in [6, 6.07) is 16.6. The van der Waals surface area contributed by atoms with E-state index in [1.165, 1.54) is 5.57 Å². The average molecular weight is 454 g/mol. The molecule has 1 fully saturated rings. The molecule has 0 bridgehead atoms. The van der Waals surface area contributed by atoms with E-state index in [0.717, 1.165) is 65.7 Å². The number of rotatable bonds is 4. The molecule has 1 aliphatic carbocycles. The molecule has 34 heavy (non-hydrogen) atoms. The van der Waals surface area contributed by atoms with Crippen LogP contribution >= 0.6 is 0 Å². The number of hydrogen-bond acceptors (Lipinski definition) is 5. The quantitative estimate of drug-likeness (QED) is 0.498. The molecule has 0 spiro atoms. The predicted octanol–water partition coefficient (Wildman–Crippen LogP) is 5.83. The fraction of sp³-hybridized carbons (Fsp3) is 0.379. The van der Waals surface area contributed by atoms with E-state index < -0.39 is 0 Å². The fourth-order valence-electron chi connectivity index (χ4n) is 5.52. The first-order valence-corrected chi connectivity index (χ1v) is 12.1. The average Bonchev–Trinajstić information content (AvgIpc) is 2.87. The van der Waals surface area contributed by atoms with Crippen LogP contribution in [0.3, 0.4) is 0 Å². The van der Waals surface area contributed by atoms with E-state index in [-0.39, 0.29) is 0 Å². The summed E-state index contributed by atoms with van der Waals surface area (Å²) in [5, 5.41) is 10.1. The molecule has 5 nitrogen and oxygen atoms in total. The lowest BCUT2D eigenvalue weighted by atomic mass is 9.88. The highest BCUT2D eigenvalue weighted by Gasteiger charge is 2.29. The molecule has 0 amide bonds. The Morgan fingerprint density at radius 2 is 1.82 bits per heavy atom. The Morgan fingerprint density at radius 3 is 2.47 bits per heavy atom. The molecule has 0 radical (unpaired) electrons. The van der Waals surface area contributed by atoms with Gasteiger partial charge in [-0.1, -0.05) is 30.3 Å². The van der Waals surface area contributed by atoms with Gasteiger partial charge in [0.25, 0.3) is 0 Å². The van der Waals surface area contributed by atoms with Crippen molar-refractivity contribution >= 4 is 16.5 Å². The van der Waals surface area contributed by atoms with E-state index in [2.05, 4.69) is 49.1 Å². The number of benzene rings is 2. The van der Waals surface area contributed by atoms with Gasteiger partial charge in [-0.05, 0) is 62.4 Å². The Bertz CT molecular complexity index is 1250. The van der Waals surface area contributed by atoms with E-state index in [1.807, 2.05) is 30.5 Å². The van der Waals surface area contributed by atoms with Crippen molar-refractivity contribution < 1.29 is 9.47 Å². The normalized spacial score (nSPS) is 23.4. The minimum atomic E-state index is 0.296. The maximum Gasteiger partial charge on any atom is 0.137 e. The Labute approximate surface area is 201 Å². The number of aromatic nitrogens is 1. The maximum atomic E-state index is 9.11. The maximum absolute atomic E-state index is 9.11. The summed E-state index contributed by atoms with van der Waals surface area (Å²) in [7, 11) is 1.75. The molecule has 3 aromatic rings. The molecule has 0 saturated carbocycles. The van der Waals surface area contributed by atoms with Crippen molar-refractivity contribution in [3.63, 3.8) is 0 Å². The highest BCUT2D eigenvalue weighted by atomic mass is 16.5. The van der Waals surface area contributed by atoms with Crippen molar-refractivity contribution in [3.05, 3.63) is 65.9 Å². The Kier molecular flexibility index (Phi) is 6.36. The van der Waals surface area contributed by atoms with Crippen molar-refractivity contribution in [2.24, 2.45) is 0 Å². The standard InChI is InChI=1S/C29H31N3O2/c1-19-17-32(18-20(2)34-19)24-13-11-23(12-14-24)27-16-31-28-25(5-4-6-26(28)29(27)33-3)22-9-7-21(15-30)8-10-22/h4-11,16,19-20,24H,12-14,17-18H2,1-3H3/t19-,20+,24?. The molecule has 3 atom stereocenters. The molecule has 1 saturated heterocycles. The van der Waals surface area contributed by atoms with Gasteiger partial charge in [0.1, 0.15) is 5.75 Å². The van der Waals surface area contributed by atoms with Gasteiger partial charge >= 0.3 is 0 Å². The van der Waals surface area contributed by atoms with Gasteiger partial charge in [-0.25, -0.2) is 0 Å². The van der Waals surface area contributed by atoms with Crippen molar-refractivity contribution in [2.75, 3.05) is 20.2 Å². The zero-order valence-corrected chi connectivity index (χ0v) is 20.1. The molecule has 2 aromatic carbocycles. The van der Waals surface area contributed by atoms with Crippen molar-refractivity contribution in [1.82, 2.24) is 9.88 Å². The number of fused-ring (bicyclic) bond motifs is 1. The zero-order chi connectivity index (χ0) is 23.7. The van der Waals surface area contributed by atoms with E-state index in [0.29, 0.717) is 23.8 Å². The van der Waals surface area contributed by atoms with E-state index in [4.69, 9.17) is 19.7 Å². The summed E-state index contributed by atoms with van der Waals surface area (Å²) in [5.41, 5.74) is 6.06. The van der Waals surface area contributed by atoms with Crippen LogP contribution in [-0.2, 0) is 4.74 Å². The number of hydrogen-bond donors (Lipinski definition) is 0. The number of pyridine rings is 1. The molecule has 2 heterocycles. The van der Waals surface area contributed by atoms with Crippen molar-refractivity contribution in [1.29, 1.82) is 5.26 Å². The monoisotopic (exact) mass is 453 g/mol. The van der Waals surface area contributed by atoms with E-state index in [1.54, 1.807) is 7.11 Å². The van der Waals surface area contributed by atoms with Crippen LogP contribution < -0.4 is 4.74 Å². The van der Waals surface area contributed by atoms with Crippen molar-refractivity contribution in [3.8, 4) is 22.9 Å². The SMILES string of the molecule is COc1c(C2=CCC(N3C[C@@H](C)O[C@@H](C)C3)CC2)cnc2c(-c3ccc(C#N)cc3)cccc12. The van der Waals surface area contributed by atoms with Crippen LogP contribution in [0.4, 0.5) is 0 Å². The van der Waals surface area contributed by atoms with Gasteiger partial charge in [-0.3, -0.25) is 9.88 Å². The summed E-state index contributed by atoms with van der Waals surface area (Å²) < 4.78 is 11.9. The van der Waals surface area contributed by atoms with Crippen LogP contribution in [0.25, 0.3) is 27.6 Å². The van der Waals surface area contributed by atoms with Crippen LogP contribution in [0.1, 0.15) is 44.2 Å². The molecule has 174 valence electrons. The molecule has 1 unspecified atom stereocenters. The summed E-state index contributed by atoms with van der Waals surface area (Å²) in [6.07, 6.45) is 8.14. The van der Waals surface area contributed by atoms with Crippen molar-refractivity contribution in [2.45, 2.75) is 51.4 Å². The van der Waals surface area contributed by atoms with Crippen LogP contribution in [0.15, 0.2) is 54.7 Å². The molecule has 1 aromatic heterocycles. The number of allylic oxidation sites excluding steroid dienone is 1. The second kappa shape index (κ2) is 9.58. The summed E-state index contributed by atoms with van der Waals surface area (Å²) in [4.78, 5) is 7.50. The minimum Gasteiger partial charge on any atom is -0.495 e. The van der Waals surface area contributed by atoms with E-state index >= 15 is 0 Å². The van der Waals surface area contributed by atoms with Crippen LogP contribution in [0.2, 0.25) is 0 Å². The number of nitriles is 1. The Balaban J connectivity index is 1.45. The molecule has 1 aliphatic heterocycles. The highest BCUT2D eigenvalue weighted by molar-refractivity contribution is 5.99. The van der Waals surface area contributed by atoms with Crippen LogP contribution in [-0.4, -0.2) is 48.3 Å². The van der Waals surface area contributed by atoms with Gasteiger partial charge in [0, 0.05) is 41.8 Å². The van der Waals surface area contributed by atoms with Gasteiger partial charge < -0.3 is 9.47 Å². The van der Waals surface area contributed by atoms with Gasteiger partial charge in [0.15, 0.2) is 0 Å². The molecule has 5 rings (SSSR count). The summed E-state index contributed by atoms with van der Waals surface area (Å²) >= 11 is 0. The third-order valence-corrected chi connectivity index (χ3v) is 7.07. The topological polar surface area (TPSA) is 58.4 Å². The van der Waals surface area contributed by atoms with Crippen LogP contribution in [0, 0.1) is 11.3 Å². The predicted molar refractivity (Wildman–Crippen MR) is 136 cm³/mol. The number of para-hydroxylation sites is 1. The lowest BCUT2D eigenvalue weighted by Crippen LogP contribution is -2.50. The lowest BCUT2D eigenvalue weighted by molar-refractivity contribution is -0.0810. The number of ether oxygens (including phenoxy) is 2. The third-order valence-electron chi connectivity index (χ3n) is 7.07. The molecular formula is C29H31N3O2. The first-order valence-electron chi connectivity index (χ1n) is 12.1. The zero-order valence-electron chi connectivity index (χ0n) is 20.1. The second-order valence-electron chi connectivity index (χ2n) is 9.46. The molecule has 0 N–H and O–H groups in total. The van der Waals surface area contributed by atoms with Gasteiger partial charge in [-0.2, -0.15) is 5.26 Å². The number of morpholine rings is 1. The molecule has 5 heteroatoms. The first-order chi connectivity index (χ1) is 16.6. The third kappa shape index (κ3) is 4.32. The number of methoxy groups -OCH3 is 1. The smallest absolute Gasteiger partial charge is 0.137 e. The summed E-state index contributed by atoms with van der Waals surface area (Å²) in [5.74, 6) is 0.888. The van der Waals surface area contributed by atoms with Gasteiger partial charge in [-0.15, -0.1) is 0 Å². The second-order valence-corrected chi connectivity index (χ2v) is 9.46. The highest BCUT2D eigenvalue weighted by Crippen LogP contribution is 2.40. The molecule has 2 aliphatic rings. The molecular weight excluding hydrogens is 422 g/mol. The van der Waals surface area contributed by atoms with E-state index in [9.17, 15) is 0 Å². The Morgan fingerprint density at radius 1 is 1.06 bits per heavy atom. The minimum absolute atomic E-state index is 0.296. The lowest BCUT2D eigenvalue weighted by Gasteiger charge is -2.41.